The van der Waals surface area contributed by atoms with Crippen LogP contribution in [-0.2, 0) is 11.3 Å². The second-order valence-electron chi connectivity index (χ2n) is 4.90. The van der Waals surface area contributed by atoms with Gasteiger partial charge in [0, 0.05) is 38.9 Å². The molecule has 20 heavy (non-hydrogen) atoms. The summed E-state index contributed by atoms with van der Waals surface area (Å²) in [6.07, 6.45) is 0. The summed E-state index contributed by atoms with van der Waals surface area (Å²) < 4.78 is 10.1. The molecular weight excluding hydrogens is 260 g/mol. The first-order valence-electron chi connectivity index (χ1n) is 6.62. The molecule has 0 aliphatic carbocycles. The van der Waals surface area contributed by atoms with Gasteiger partial charge in [0.05, 0.1) is 0 Å². The lowest BCUT2D eigenvalue weighted by Gasteiger charge is -2.30. The molecule has 0 saturated carbocycles. The zero-order valence-electron chi connectivity index (χ0n) is 11.6. The number of methoxy groups -OCH3 is 1. The summed E-state index contributed by atoms with van der Waals surface area (Å²) in [5, 5.41) is 14.5. The van der Waals surface area contributed by atoms with E-state index in [1.165, 1.54) is 0 Å². The zero-order chi connectivity index (χ0) is 13.9. The summed E-state index contributed by atoms with van der Waals surface area (Å²) in [7, 11) is 1.61. The van der Waals surface area contributed by atoms with Crippen molar-refractivity contribution in [3.05, 3.63) is 11.8 Å². The summed E-state index contributed by atoms with van der Waals surface area (Å²) in [5.74, 6) is 1.97. The standard InChI is InChI=1S/C12H18N6O2/c1-8-6-18(4-3-13-8)12-14-11(15-16-12)10-5-9(7-19-2)20-17-10/h5,8,13H,3-4,6-7H2,1-2H3,(H,14,15,16). The van der Waals surface area contributed by atoms with Gasteiger partial charge in [0.15, 0.2) is 17.3 Å². The maximum Gasteiger partial charge on any atom is 0.245 e. The number of aromatic nitrogens is 4. The third-order valence-corrected chi connectivity index (χ3v) is 3.21. The van der Waals surface area contributed by atoms with Gasteiger partial charge in [0.25, 0.3) is 0 Å². The van der Waals surface area contributed by atoms with E-state index in [4.69, 9.17) is 9.26 Å². The SMILES string of the molecule is COCc1cc(-c2nc(N3CCNC(C)C3)n[nH]2)no1. The molecule has 0 aromatic carbocycles. The largest absolute Gasteiger partial charge is 0.377 e. The molecule has 1 fully saturated rings. The molecule has 0 radical (unpaired) electrons. The highest BCUT2D eigenvalue weighted by Crippen LogP contribution is 2.18. The van der Waals surface area contributed by atoms with Crippen LogP contribution in [0.15, 0.2) is 10.6 Å². The van der Waals surface area contributed by atoms with Crippen molar-refractivity contribution in [2.24, 2.45) is 0 Å². The van der Waals surface area contributed by atoms with Gasteiger partial charge in [0.1, 0.15) is 6.61 Å². The van der Waals surface area contributed by atoms with Gasteiger partial charge < -0.3 is 19.5 Å². The molecule has 1 saturated heterocycles. The van der Waals surface area contributed by atoms with E-state index >= 15 is 0 Å². The highest BCUT2D eigenvalue weighted by molar-refractivity contribution is 5.51. The van der Waals surface area contributed by atoms with Gasteiger partial charge in [-0.15, -0.1) is 5.10 Å². The first kappa shape index (κ1) is 13.1. The predicted octanol–water partition coefficient (Wildman–Crippen LogP) is 0.404. The van der Waals surface area contributed by atoms with Crippen molar-refractivity contribution in [1.29, 1.82) is 0 Å². The Hall–Kier alpha value is -1.93. The van der Waals surface area contributed by atoms with Gasteiger partial charge in [-0.05, 0) is 6.92 Å². The van der Waals surface area contributed by atoms with Crippen LogP contribution in [0.25, 0.3) is 11.5 Å². The predicted molar refractivity (Wildman–Crippen MR) is 72.3 cm³/mol. The molecule has 1 aliphatic rings. The molecule has 3 heterocycles. The van der Waals surface area contributed by atoms with Crippen molar-refractivity contribution >= 4 is 5.95 Å². The van der Waals surface area contributed by atoms with Crippen LogP contribution >= 0.6 is 0 Å². The molecule has 2 aromatic heterocycles. The molecule has 0 spiro atoms. The molecule has 8 nitrogen and oxygen atoms in total. The third-order valence-electron chi connectivity index (χ3n) is 3.21. The molecule has 2 aromatic rings. The molecule has 3 rings (SSSR count). The quantitative estimate of drug-likeness (QED) is 0.836. The van der Waals surface area contributed by atoms with Gasteiger partial charge in [-0.3, -0.25) is 5.10 Å². The Morgan fingerprint density at radius 2 is 2.45 bits per heavy atom. The number of hydrogen-bond donors (Lipinski definition) is 2. The second-order valence-corrected chi connectivity index (χ2v) is 4.90. The highest BCUT2D eigenvalue weighted by Gasteiger charge is 2.20. The number of ether oxygens (including phenoxy) is 1. The van der Waals surface area contributed by atoms with Gasteiger partial charge in [0.2, 0.25) is 5.95 Å². The number of piperazine rings is 1. The number of rotatable bonds is 4. The van der Waals surface area contributed by atoms with Crippen LogP contribution in [0.2, 0.25) is 0 Å². The fraction of sp³-hybridized carbons (Fsp3) is 0.583. The molecule has 1 atom stereocenters. The second kappa shape index (κ2) is 5.59. The molecule has 8 heteroatoms. The van der Waals surface area contributed by atoms with Crippen LogP contribution in [-0.4, -0.2) is 53.1 Å². The Morgan fingerprint density at radius 3 is 3.25 bits per heavy atom. The number of nitrogens with one attached hydrogen (secondary N) is 2. The molecular formula is C12H18N6O2. The molecule has 0 bridgehead atoms. The minimum Gasteiger partial charge on any atom is -0.377 e. The Kier molecular flexibility index (Phi) is 3.66. The Morgan fingerprint density at radius 1 is 1.55 bits per heavy atom. The topological polar surface area (TPSA) is 92.1 Å². The van der Waals surface area contributed by atoms with Crippen LogP contribution in [0.4, 0.5) is 5.95 Å². The van der Waals surface area contributed by atoms with Crippen molar-refractivity contribution in [2.75, 3.05) is 31.6 Å². The molecule has 0 amide bonds. The van der Waals surface area contributed by atoms with Crippen LogP contribution in [0, 0.1) is 0 Å². The summed E-state index contributed by atoms with van der Waals surface area (Å²) in [6, 6.07) is 2.24. The maximum absolute atomic E-state index is 5.14. The number of H-pyrrole nitrogens is 1. The molecule has 2 N–H and O–H groups in total. The summed E-state index contributed by atoms with van der Waals surface area (Å²) >= 11 is 0. The number of anilines is 1. The van der Waals surface area contributed by atoms with Gasteiger partial charge in [-0.1, -0.05) is 5.16 Å². The summed E-state index contributed by atoms with van der Waals surface area (Å²) in [6.45, 7) is 5.27. The Bertz CT molecular complexity index is 566. The first-order chi connectivity index (χ1) is 9.76. The van der Waals surface area contributed by atoms with Crippen LogP contribution in [0.5, 0.6) is 0 Å². The van der Waals surface area contributed by atoms with Crippen molar-refractivity contribution in [2.45, 2.75) is 19.6 Å². The lowest BCUT2D eigenvalue weighted by Crippen LogP contribution is -2.49. The Labute approximate surface area is 116 Å². The highest BCUT2D eigenvalue weighted by atomic mass is 16.5. The third kappa shape index (κ3) is 2.66. The normalized spacial score (nSPS) is 19.5. The Balaban J connectivity index is 1.75. The number of hydrogen-bond acceptors (Lipinski definition) is 7. The molecule has 1 aliphatic heterocycles. The first-order valence-corrected chi connectivity index (χ1v) is 6.62. The van der Waals surface area contributed by atoms with Crippen molar-refractivity contribution in [1.82, 2.24) is 25.7 Å². The lowest BCUT2D eigenvalue weighted by molar-refractivity contribution is 0.156. The van der Waals surface area contributed by atoms with Crippen molar-refractivity contribution in [3.8, 4) is 11.5 Å². The van der Waals surface area contributed by atoms with E-state index in [1.54, 1.807) is 13.2 Å². The average molecular weight is 278 g/mol. The number of nitrogens with zero attached hydrogens (tertiary/aromatic N) is 4. The average Bonchev–Trinajstić information content (AvgIpc) is 3.07. The summed E-state index contributed by atoms with van der Waals surface area (Å²) in [4.78, 5) is 6.63. The lowest BCUT2D eigenvalue weighted by atomic mass is 10.2. The van der Waals surface area contributed by atoms with Gasteiger partial charge in [-0.2, -0.15) is 4.98 Å². The molecule has 108 valence electrons. The van der Waals surface area contributed by atoms with Crippen molar-refractivity contribution < 1.29 is 9.26 Å². The zero-order valence-corrected chi connectivity index (χ0v) is 11.6. The van der Waals surface area contributed by atoms with Crippen molar-refractivity contribution in [3.63, 3.8) is 0 Å². The van der Waals surface area contributed by atoms with Crippen LogP contribution < -0.4 is 10.2 Å². The number of aromatic amines is 1. The van der Waals surface area contributed by atoms with E-state index in [9.17, 15) is 0 Å². The van der Waals surface area contributed by atoms with E-state index in [0.717, 1.165) is 19.6 Å². The van der Waals surface area contributed by atoms with Crippen LogP contribution in [0.1, 0.15) is 12.7 Å². The monoisotopic (exact) mass is 278 g/mol. The summed E-state index contributed by atoms with van der Waals surface area (Å²) in [5.41, 5.74) is 0.638. The van der Waals surface area contributed by atoms with Gasteiger partial charge >= 0.3 is 0 Å². The van der Waals surface area contributed by atoms with E-state index < -0.39 is 0 Å². The molecule has 1 unspecified atom stereocenters. The van der Waals surface area contributed by atoms with Crippen LogP contribution in [0.3, 0.4) is 0 Å². The minimum absolute atomic E-state index is 0.392. The van der Waals surface area contributed by atoms with E-state index in [0.29, 0.717) is 35.9 Å². The van der Waals surface area contributed by atoms with Gasteiger partial charge in [-0.25, -0.2) is 0 Å². The van der Waals surface area contributed by atoms with E-state index in [2.05, 4.69) is 37.5 Å². The van der Waals surface area contributed by atoms with E-state index in [-0.39, 0.29) is 0 Å². The fourth-order valence-corrected chi connectivity index (χ4v) is 2.26. The smallest absolute Gasteiger partial charge is 0.245 e. The van der Waals surface area contributed by atoms with E-state index in [1.807, 2.05) is 0 Å². The fourth-order valence-electron chi connectivity index (χ4n) is 2.26. The maximum atomic E-state index is 5.14. The minimum atomic E-state index is 0.392.